The predicted molar refractivity (Wildman–Crippen MR) is 81.7 cm³/mol. The van der Waals surface area contributed by atoms with Gasteiger partial charge in [0, 0.05) is 0 Å². The van der Waals surface area contributed by atoms with Gasteiger partial charge >= 0.3 is 0 Å². The van der Waals surface area contributed by atoms with Gasteiger partial charge in [0.15, 0.2) is 0 Å². The van der Waals surface area contributed by atoms with E-state index in [0.717, 1.165) is 12.0 Å². The highest BCUT2D eigenvalue weighted by atomic mass is 16.3. The van der Waals surface area contributed by atoms with E-state index in [9.17, 15) is 5.11 Å². The highest BCUT2D eigenvalue weighted by molar-refractivity contribution is 5.31. The van der Waals surface area contributed by atoms with Crippen LogP contribution in [0.5, 0.6) is 0 Å². The third-order valence-corrected chi connectivity index (χ3v) is 4.11. The van der Waals surface area contributed by atoms with Gasteiger partial charge in [-0.1, -0.05) is 54.6 Å². The minimum Gasteiger partial charge on any atom is -0.385 e. The van der Waals surface area contributed by atoms with Crippen LogP contribution in [0.4, 0.5) is 0 Å². The van der Waals surface area contributed by atoms with E-state index < -0.39 is 5.60 Å². The molecule has 0 saturated carbocycles. The molecule has 1 aliphatic rings. The third kappa shape index (κ3) is 2.92. The summed E-state index contributed by atoms with van der Waals surface area (Å²) in [6.07, 6.45) is 2.18. The second kappa shape index (κ2) is 5.78. The molecule has 1 aliphatic heterocycles. The van der Waals surface area contributed by atoms with E-state index in [4.69, 9.17) is 1.41 Å². The molecular formula is C18H21NO. The Morgan fingerprint density at radius 1 is 0.950 bits per heavy atom. The molecule has 2 aromatic carbocycles. The zero-order valence-corrected chi connectivity index (χ0v) is 11.6. The van der Waals surface area contributed by atoms with Gasteiger partial charge in [-0.3, -0.25) is 0 Å². The van der Waals surface area contributed by atoms with Crippen molar-refractivity contribution >= 4 is 0 Å². The number of hydrogen-bond donors (Lipinski definition) is 2. The molecule has 0 radical (unpaired) electrons. The standard InChI is InChI=1S/C18H21NO/c20-18(10-12-19-13-11-18)17-8-6-16(7-9-17)14-15-4-2-1-3-5-15/h1-9,19-20H,10-14H2/i/hD. The van der Waals surface area contributed by atoms with Crippen molar-refractivity contribution in [2.75, 3.05) is 13.1 Å². The molecule has 0 aromatic heterocycles. The summed E-state index contributed by atoms with van der Waals surface area (Å²) in [5.74, 6) is 0. The Balaban J connectivity index is 1.72. The summed E-state index contributed by atoms with van der Waals surface area (Å²) in [6.45, 7) is 1.25. The fourth-order valence-corrected chi connectivity index (χ4v) is 2.82. The minimum atomic E-state index is -0.761. The fourth-order valence-electron chi connectivity index (χ4n) is 2.82. The van der Waals surface area contributed by atoms with E-state index in [0.29, 0.717) is 25.9 Å². The summed E-state index contributed by atoms with van der Waals surface area (Å²) in [6, 6.07) is 18.7. The summed E-state index contributed by atoms with van der Waals surface area (Å²) in [5.41, 5.74) is 2.77. The lowest BCUT2D eigenvalue weighted by atomic mass is 9.84. The molecule has 2 heteroatoms. The van der Waals surface area contributed by atoms with Crippen LogP contribution in [-0.2, 0) is 12.0 Å². The summed E-state index contributed by atoms with van der Waals surface area (Å²) in [7, 11) is 0. The van der Waals surface area contributed by atoms with Crippen LogP contribution < -0.4 is 5.31 Å². The average Bonchev–Trinajstić information content (AvgIpc) is 2.52. The maximum Gasteiger partial charge on any atom is 0.122 e. The first-order valence-corrected chi connectivity index (χ1v) is 7.25. The van der Waals surface area contributed by atoms with Crippen molar-refractivity contribution < 1.29 is 6.52 Å². The van der Waals surface area contributed by atoms with Crippen molar-refractivity contribution in [3.8, 4) is 0 Å². The van der Waals surface area contributed by atoms with Crippen LogP contribution >= 0.6 is 0 Å². The van der Waals surface area contributed by atoms with Crippen molar-refractivity contribution in [1.82, 2.24) is 5.31 Å². The van der Waals surface area contributed by atoms with Crippen LogP contribution in [0.3, 0.4) is 0 Å². The van der Waals surface area contributed by atoms with Crippen LogP contribution in [0.25, 0.3) is 0 Å². The third-order valence-electron chi connectivity index (χ3n) is 4.11. The maximum atomic E-state index is 10.7. The molecule has 1 heterocycles. The van der Waals surface area contributed by atoms with Gasteiger partial charge in [0.2, 0.25) is 0 Å². The normalized spacial score (nSPS) is 19.6. The highest BCUT2D eigenvalue weighted by Crippen LogP contribution is 2.30. The lowest BCUT2D eigenvalue weighted by Crippen LogP contribution is -2.39. The summed E-state index contributed by atoms with van der Waals surface area (Å²) >= 11 is 0. The SMILES string of the molecule is [2H]N1CCC(O)(c2ccc(Cc3ccccc3)cc2)CC1. The van der Waals surface area contributed by atoms with Crippen molar-refractivity contribution in [1.29, 1.82) is 0 Å². The molecular weight excluding hydrogens is 246 g/mol. The fraction of sp³-hybridized carbons (Fsp3) is 0.333. The lowest BCUT2D eigenvalue weighted by molar-refractivity contribution is 0.00593. The molecule has 2 nitrogen and oxygen atoms in total. The van der Waals surface area contributed by atoms with E-state index in [1.165, 1.54) is 16.4 Å². The van der Waals surface area contributed by atoms with E-state index in [1.807, 2.05) is 18.2 Å². The van der Waals surface area contributed by atoms with Crippen LogP contribution in [0.15, 0.2) is 54.6 Å². The Hall–Kier alpha value is -1.64. The Morgan fingerprint density at radius 3 is 2.20 bits per heavy atom. The molecule has 0 spiro atoms. The average molecular weight is 268 g/mol. The predicted octanol–water partition coefficient (Wildman–Crippen LogP) is 2.85. The zero-order valence-electron chi connectivity index (χ0n) is 12.6. The molecule has 1 saturated heterocycles. The number of aliphatic hydroxyl groups is 1. The maximum absolute atomic E-state index is 10.7. The molecule has 2 N–H and O–H groups in total. The molecule has 20 heavy (non-hydrogen) atoms. The summed E-state index contributed by atoms with van der Waals surface area (Å²) in [5, 5.41) is 12.3. The quantitative estimate of drug-likeness (QED) is 0.897. The number of rotatable bonds is 3. The van der Waals surface area contributed by atoms with Crippen molar-refractivity contribution in [3.63, 3.8) is 0 Å². The molecule has 3 rings (SSSR count). The first-order chi connectivity index (χ1) is 10.2. The Morgan fingerprint density at radius 2 is 1.55 bits per heavy atom. The Labute approximate surface area is 121 Å². The van der Waals surface area contributed by atoms with E-state index >= 15 is 0 Å². The molecule has 0 aliphatic carbocycles. The Kier molecular flexibility index (Phi) is 3.50. The van der Waals surface area contributed by atoms with Crippen LogP contribution in [0, 0.1) is 0 Å². The summed E-state index contributed by atoms with van der Waals surface area (Å²) < 4.78 is 7.59. The molecule has 2 aromatic rings. The minimum absolute atomic E-state index is 0.627. The van der Waals surface area contributed by atoms with Gasteiger partial charge in [-0.05, 0) is 49.0 Å². The first-order valence-electron chi connectivity index (χ1n) is 7.70. The number of piperidine rings is 1. The Bertz CT molecular complexity index is 574. The zero-order chi connectivity index (χ0) is 14.7. The van der Waals surface area contributed by atoms with Crippen LogP contribution in [0.2, 0.25) is 1.41 Å². The van der Waals surface area contributed by atoms with E-state index in [2.05, 4.69) is 36.4 Å². The van der Waals surface area contributed by atoms with Gasteiger partial charge < -0.3 is 10.4 Å². The smallest absolute Gasteiger partial charge is 0.122 e. The largest absolute Gasteiger partial charge is 0.385 e. The van der Waals surface area contributed by atoms with E-state index in [1.54, 1.807) is 0 Å². The first kappa shape index (κ1) is 12.1. The van der Waals surface area contributed by atoms with Gasteiger partial charge in [-0.2, -0.15) is 0 Å². The van der Waals surface area contributed by atoms with Gasteiger partial charge in [-0.15, -0.1) is 0 Å². The van der Waals surface area contributed by atoms with Crippen molar-refractivity contribution in [2.24, 2.45) is 0 Å². The summed E-state index contributed by atoms with van der Waals surface area (Å²) in [4.78, 5) is 0. The van der Waals surface area contributed by atoms with Crippen LogP contribution in [-0.4, -0.2) is 18.2 Å². The van der Waals surface area contributed by atoms with E-state index in [-0.39, 0.29) is 0 Å². The molecule has 0 atom stereocenters. The van der Waals surface area contributed by atoms with Crippen molar-refractivity contribution in [2.45, 2.75) is 24.9 Å². The molecule has 104 valence electrons. The number of benzene rings is 2. The highest BCUT2D eigenvalue weighted by Gasteiger charge is 2.30. The molecule has 0 unspecified atom stereocenters. The molecule has 1 fully saturated rings. The van der Waals surface area contributed by atoms with Crippen LogP contribution in [0.1, 0.15) is 29.5 Å². The van der Waals surface area contributed by atoms with Crippen molar-refractivity contribution in [3.05, 3.63) is 71.3 Å². The van der Waals surface area contributed by atoms with Gasteiger partial charge in [0.05, 0.1) is 5.60 Å². The topological polar surface area (TPSA) is 32.3 Å². The number of hydrogen-bond acceptors (Lipinski definition) is 2. The molecule has 0 bridgehead atoms. The lowest BCUT2D eigenvalue weighted by Gasteiger charge is -2.33. The second-order valence-electron chi connectivity index (χ2n) is 5.56. The van der Waals surface area contributed by atoms with Gasteiger partial charge in [0.1, 0.15) is 1.41 Å². The monoisotopic (exact) mass is 268 g/mol. The number of nitrogens with one attached hydrogen (secondary N) is 1. The molecule has 0 amide bonds. The second-order valence-corrected chi connectivity index (χ2v) is 5.56. The van der Waals surface area contributed by atoms with Gasteiger partial charge in [0.25, 0.3) is 0 Å². The van der Waals surface area contributed by atoms with Gasteiger partial charge in [-0.25, -0.2) is 0 Å².